The van der Waals surface area contributed by atoms with Crippen molar-refractivity contribution in [2.45, 2.75) is 51.7 Å². The first-order chi connectivity index (χ1) is 11.9. The zero-order chi connectivity index (χ0) is 18.7. The smallest absolute Gasteiger partial charge is 0.356 e. The van der Waals surface area contributed by atoms with E-state index in [1.807, 2.05) is 0 Å². The van der Waals surface area contributed by atoms with Gasteiger partial charge in [-0.3, -0.25) is 9.89 Å². The maximum absolute atomic E-state index is 12.4. The van der Waals surface area contributed by atoms with Crippen molar-refractivity contribution in [1.29, 1.82) is 0 Å². The summed E-state index contributed by atoms with van der Waals surface area (Å²) in [6, 6.07) is 0.0187. The van der Waals surface area contributed by atoms with Gasteiger partial charge in [0.1, 0.15) is 0 Å². The van der Waals surface area contributed by atoms with Crippen LogP contribution in [0.25, 0.3) is 0 Å². The Morgan fingerprint density at radius 2 is 1.88 bits per heavy atom. The predicted molar refractivity (Wildman–Crippen MR) is 97.0 cm³/mol. The molecule has 148 valence electrons. The average Bonchev–Trinajstić information content (AvgIpc) is 2.95. The van der Waals surface area contributed by atoms with Crippen molar-refractivity contribution in [1.82, 2.24) is 20.4 Å². The molecule has 0 aromatic rings. The number of aliphatic imine (C=N–C) groups is 1. The molecule has 8 heteroatoms. The van der Waals surface area contributed by atoms with Gasteiger partial charge in [-0.25, -0.2) is 0 Å². The van der Waals surface area contributed by atoms with Gasteiger partial charge in [0.05, 0.1) is 6.54 Å². The van der Waals surface area contributed by atoms with Gasteiger partial charge in [-0.05, 0) is 45.3 Å². The third kappa shape index (κ3) is 9.89. The van der Waals surface area contributed by atoms with Crippen LogP contribution in [0.4, 0.5) is 13.2 Å². The number of nitrogens with one attached hydrogen (secondary N) is 2. The summed E-state index contributed by atoms with van der Waals surface area (Å²) in [5.74, 6) is 0.677. The van der Waals surface area contributed by atoms with Crippen LogP contribution < -0.4 is 10.6 Å². The molecule has 1 saturated heterocycles. The molecule has 1 aliphatic heterocycles. The van der Waals surface area contributed by atoms with Crippen LogP contribution in [0.3, 0.4) is 0 Å². The van der Waals surface area contributed by atoms with Crippen LogP contribution in [0.15, 0.2) is 4.99 Å². The number of guanidine groups is 1. The van der Waals surface area contributed by atoms with E-state index >= 15 is 0 Å². The minimum Gasteiger partial charge on any atom is -0.356 e. The van der Waals surface area contributed by atoms with E-state index in [9.17, 15) is 13.2 Å². The molecular weight excluding hydrogens is 331 g/mol. The van der Waals surface area contributed by atoms with Crippen molar-refractivity contribution >= 4 is 5.96 Å². The number of halogens is 3. The van der Waals surface area contributed by atoms with E-state index in [-0.39, 0.29) is 6.04 Å². The Morgan fingerprint density at radius 1 is 1.20 bits per heavy atom. The average molecular weight is 365 g/mol. The maximum atomic E-state index is 12.4. The third-order valence-corrected chi connectivity index (χ3v) is 4.26. The summed E-state index contributed by atoms with van der Waals surface area (Å²) >= 11 is 0. The number of nitrogens with zero attached hydrogens (tertiary/aromatic N) is 3. The topological polar surface area (TPSA) is 42.9 Å². The largest absolute Gasteiger partial charge is 0.401 e. The van der Waals surface area contributed by atoms with E-state index in [1.165, 1.54) is 4.90 Å². The third-order valence-electron chi connectivity index (χ3n) is 4.26. The number of hydrogen-bond acceptors (Lipinski definition) is 3. The monoisotopic (exact) mass is 365 g/mol. The maximum Gasteiger partial charge on any atom is 0.401 e. The molecular formula is C17H34F3N5. The Hall–Kier alpha value is -1.02. The van der Waals surface area contributed by atoms with Crippen LogP contribution in [0.5, 0.6) is 0 Å². The minimum atomic E-state index is -4.13. The van der Waals surface area contributed by atoms with Crippen LogP contribution in [0, 0.1) is 0 Å². The van der Waals surface area contributed by atoms with E-state index in [4.69, 9.17) is 0 Å². The molecule has 0 amide bonds. The Balaban J connectivity index is 2.25. The van der Waals surface area contributed by atoms with Crippen molar-refractivity contribution in [3.63, 3.8) is 0 Å². The minimum absolute atomic E-state index is 0.0187. The summed E-state index contributed by atoms with van der Waals surface area (Å²) in [6.07, 6.45) is -0.0830. The molecule has 1 aliphatic rings. The van der Waals surface area contributed by atoms with Gasteiger partial charge in [0.2, 0.25) is 0 Å². The molecule has 1 rings (SSSR count). The van der Waals surface area contributed by atoms with E-state index in [0.29, 0.717) is 25.5 Å². The first kappa shape index (κ1) is 22.0. The standard InChI is InChI=1S/C17H34F3N5/c1-4-9-24(10-5-2)11-6-8-22-16(21-3)23-15-7-12-25(13-15)14-17(18,19)20/h15H,4-14H2,1-3H3,(H2,21,22,23). The van der Waals surface area contributed by atoms with Gasteiger partial charge in [-0.2, -0.15) is 13.2 Å². The Morgan fingerprint density at radius 3 is 2.44 bits per heavy atom. The normalized spacial score (nSPS) is 19.6. The molecule has 0 spiro atoms. The molecule has 0 radical (unpaired) electrons. The quantitative estimate of drug-likeness (QED) is 0.354. The second-order valence-corrected chi connectivity index (χ2v) is 6.67. The fraction of sp³-hybridized carbons (Fsp3) is 0.941. The van der Waals surface area contributed by atoms with Gasteiger partial charge >= 0.3 is 6.18 Å². The summed E-state index contributed by atoms with van der Waals surface area (Å²) in [5.41, 5.74) is 0. The first-order valence-corrected chi connectivity index (χ1v) is 9.36. The second kappa shape index (κ2) is 11.6. The second-order valence-electron chi connectivity index (χ2n) is 6.67. The van der Waals surface area contributed by atoms with E-state index in [0.717, 1.165) is 45.4 Å². The molecule has 0 aromatic carbocycles. The fourth-order valence-corrected chi connectivity index (χ4v) is 3.21. The highest BCUT2D eigenvalue weighted by molar-refractivity contribution is 5.79. The highest BCUT2D eigenvalue weighted by atomic mass is 19.4. The van der Waals surface area contributed by atoms with Crippen LogP contribution >= 0.6 is 0 Å². The predicted octanol–water partition coefficient (Wildman–Crippen LogP) is 2.30. The lowest BCUT2D eigenvalue weighted by Crippen LogP contribution is -2.45. The molecule has 1 fully saturated rings. The Labute approximate surface area is 150 Å². The molecule has 0 saturated carbocycles. The van der Waals surface area contributed by atoms with Gasteiger partial charge < -0.3 is 15.5 Å². The molecule has 0 aliphatic carbocycles. The summed E-state index contributed by atoms with van der Waals surface area (Å²) in [4.78, 5) is 8.09. The van der Waals surface area contributed by atoms with Crippen LogP contribution in [-0.2, 0) is 0 Å². The van der Waals surface area contributed by atoms with Crippen molar-refractivity contribution in [2.24, 2.45) is 4.99 Å². The molecule has 1 unspecified atom stereocenters. The van der Waals surface area contributed by atoms with E-state index < -0.39 is 12.7 Å². The SMILES string of the molecule is CCCN(CCC)CCCNC(=NC)NC1CCN(CC(F)(F)F)C1. The van der Waals surface area contributed by atoms with E-state index in [1.54, 1.807) is 7.05 Å². The molecule has 5 nitrogen and oxygen atoms in total. The van der Waals surface area contributed by atoms with Gasteiger partial charge in [-0.1, -0.05) is 13.8 Å². The lowest BCUT2D eigenvalue weighted by Gasteiger charge is -2.22. The summed E-state index contributed by atoms with van der Waals surface area (Å²) in [6.45, 7) is 8.53. The van der Waals surface area contributed by atoms with Crippen LogP contribution in [0.2, 0.25) is 0 Å². The molecule has 1 atom stereocenters. The number of alkyl halides is 3. The lowest BCUT2D eigenvalue weighted by molar-refractivity contribution is -0.143. The van der Waals surface area contributed by atoms with Crippen molar-refractivity contribution in [2.75, 3.05) is 52.9 Å². The zero-order valence-corrected chi connectivity index (χ0v) is 15.8. The number of rotatable bonds is 10. The van der Waals surface area contributed by atoms with Crippen LogP contribution in [-0.4, -0.2) is 80.8 Å². The molecule has 0 aromatic heterocycles. The van der Waals surface area contributed by atoms with Crippen LogP contribution in [0.1, 0.15) is 39.5 Å². The van der Waals surface area contributed by atoms with Gasteiger partial charge in [0.15, 0.2) is 5.96 Å². The lowest BCUT2D eigenvalue weighted by atomic mass is 10.3. The molecule has 1 heterocycles. The number of hydrogen-bond donors (Lipinski definition) is 2. The van der Waals surface area contributed by atoms with Crippen molar-refractivity contribution < 1.29 is 13.2 Å². The summed E-state index contributed by atoms with van der Waals surface area (Å²) < 4.78 is 37.3. The highest BCUT2D eigenvalue weighted by Gasteiger charge is 2.34. The summed E-state index contributed by atoms with van der Waals surface area (Å²) in [5, 5.41) is 6.51. The van der Waals surface area contributed by atoms with Gasteiger partial charge in [-0.15, -0.1) is 0 Å². The highest BCUT2D eigenvalue weighted by Crippen LogP contribution is 2.19. The summed E-state index contributed by atoms with van der Waals surface area (Å²) in [7, 11) is 1.69. The fourth-order valence-electron chi connectivity index (χ4n) is 3.21. The van der Waals surface area contributed by atoms with E-state index in [2.05, 4.69) is 34.4 Å². The van der Waals surface area contributed by atoms with Crippen molar-refractivity contribution in [3.05, 3.63) is 0 Å². The van der Waals surface area contributed by atoms with Gasteiger partial charge in [0.25, 0.3) is 0 Å². The Kier molecular flexibility index (Phi) is 10.2. The first-order valence-electron chi connectivity index (χ1n) is 9.36. The zero-order valence-electron chi connectivity index (χ0n) is 15.8. The molecule has 25 heavy (non-hydrogen) atoms. The Bertz CT molecular complexity index is 381. The molecule has 0 bridgehead atoms. The van der Waals surface area contributed by atoms with Crippen molar-refractivity contribution in [3.8, 4) is 0 Å². The number of likely N-dealkylation sites (tertiary alicyclic amines) is 1. The van der Waals surface area contributed by atoms with Gasteiger partial charge in [0, 0.05) is 32.7 Å². The molecule has 2 N–H and O–H groups in total.